The van der Waals surface area contributed by atoms with Crippen molar-refractivity contribution < 1.29 is 14.6 Å². The highest BCUT2D eigenvalue weighted by molar-refractivity contribution is 6.42. The van der Waals surface area contributed by atoms with E-state index in [0.29, 0.717) is 33.1 Å². The molecule has 29 heavy (non-hydrogen) atoms. The molecule has 0 bridgehead atoms. The lowest BCUT2D eigenvalue weighted by atomic mass is 10.1. The fraction of sp³-hybridized carbons (Fsp3) is 0.0455. The summed E-state index contributed by atoms with van der Waals surface area (Å²) in [5.74, 6) is 0.213. The molecule has 0 unspecified atom stereocenters. The Morgan fingerprint density at radius 2 is 1.69 bits per heavy atom. The summed E-state index contributed by atoms with van der Waals surface area (Å²) in [4.78, 5) is 11.0. The second-order valence-electron chi connectivity index (χ2n) is 6.46. The van der Waals surface area contributed by atoms with Crippen molar-refractivity contribution in [1.82, 2.24) is 4.57 Å². The van der Waals surface area contributed by atoms with E-state index in [1.165, 1.54) is 0 Å². The monoisotopic (exact) mass is 445 g/mol. The van der Waals surface area contributed by atoms with Gasteiger partial charge in [0.15, 0.2) is 0 Å². The number of carboxylic acids is 1. The first kappa shape index (κ1) is 19.6. The van der Waals surface area contributed by atoms with E-state index in [4.69, 9.17) is 44.6 Å². The van der Waals surface area contributed by atoms with Crippen LogP contribution in [0.4, 0.5) is 0 Å². The molecular weight excluding hydrogens is 433 g/mol. The number of fused-ring (bicyclic) bond motifs is 1. The molecule has 1 N–H and O–H groups in total. The number of nitrogens with zero attached hydrogens (tertiary/aromatic N) is 1. The van der Waals surface area contributed by atoms with Crippen LogP contribution in [0.15, 0.2) is 66.9 Å². The van der Waals surface area contributed by atoms with Crippen LogP contribution in [-0.2, 0) is 6.54 Å². The number of halogens is 3. The van der Waals surface area contributed by atoms with Crippen molar-refractivity contribution in [2.75, 3.05) is 0 Å². The van der Waals surface area contributed by atoms with Crippen molar-refractivity contribution in [3.05, 3.63) is 93.1 Å². The second kappa shape index (κ2) is 7.99. The van der Waals surface area contributed by atoms with E-state index in [9.17, 15) is 4.79 Å². The fourth-order valence-electron chi connectivity index (χ4n) is 3.07. The number of hydrogen-bond donors (Lipinski definition) is 1. The quantitative estimate of drug-likeness (QED) is 0.354. The van der Waals surface area contributed by atoms with Crippen LogP contribution in [0.1, 0.15) is 15.9 Å². The van der Waals surface area contributed by atoms with Gasteiger partial charge in [-0.15, -0.1) is 0 Å². The largest absolute Gasteiger partial charge is 0.478 e. The van der Waals surface area contributed by atoms with E-state index in [0.717, 1.165) is 16.5 Å². The number of ether oxygens (including phenoxy) is 1. The molecule has 1 aromatic heterocycles. The number of carbonyl (C=O) groups is 1. The van der Waals surface area contributed by atoms with Gasteiger partial charge in [-0.3, -0.25) is 0 Å². The maximum absolute atomic E-state index is 11.0. The van der Waals surface area contributed by atoms with Crippen LogP contribution in [0.25, 0.3) is 10.9 Å². The Morgan fingerprint density at radius 1 is 0.931 bits per heavy atom. The van der Waals surface area contributed by atoms with Crippen LogP contribution in [-0.4, -0.2) is 15.6 Å². The SMILES string of the molecule is O=C(O)c1ccc(Cn2ccc3c(Oc4ccc(Cl)c(Cl)c4)cc(Cl)cc32)cc1. The molecule has 0 radical (unpaired) electrons. The molecule has 0 aliphatic heterocycles. The van der Waals surface area contributed by atoms with Gasteiger partial charge in [-0.25, -0.2) is 4.79 Å². The fourth-order valence-corrected chi connectivity index (χ4v) is 3.56. The third-order valence-corrected chi connectivity index (χ3v) is 5.45. The standard InChI is InChI=1S/C22H14Cl3NO3/c23-15-9-20-17(21(10-15)29-16-5-6-18(24)19(25)11-16)7-8-26(20)12-13-1-3-14(4-2-13)22(27)28/h1-11H,12H2,(H,27,28). The van der Waals surface area contributed by atoms with E-state index in [1.807, 2.05) is 22.9 Å². The van der Waals surface area contributed by atoms with Gasteiger partial charge in [0.2, 0.25) is 0 Å². The van der Waals surface area contributed by atoms with Crippen molar-refractivity contribution in [3.63, 3.8) is 0 Å². The van der Waals surface area contributed by atoms with Gasteiger partial charge in [-0.1, -0.05) is 46.9 Å². The van der Waals surface area contributed by atoms with E-state index < -0.39 is 5.97 Å². The highest BCUT2D eigenvalue weighted by atomic mass is 35.5. The van der Waals surface area contributed by atoms with Crippen molar-refractivity contribution >= 4 is 51.7 Å². The molecule has 4 rings (SSSR count). The van der Waals surface area contributed by atoms with Crippen LogP contribution in [0.2, 0.25) is 15.1 Å². The highest BCUT2D eigenvalue weighted by Crippen LogP contribution is 2.36. The zero-order chi connectivity index (χ0) is 20.5. The molecule has 1 heterocycles. The second-order valence-corrected chi connectivity index (χ2v) is 7.71. The molecule has 0 aliphatic rings. The zero-order valence-electron chi connectivity index (χ0n) is 14.9. The number of rotatable bonds is 5. The Hall–Kier alpha value is -2.66. The Kier molecular flexibility index (Phi) is 5.41. The Morgan fingerprint density at radius 3 is 2.38 bits per heavy atom. The van der Waals surface area contributed by atoms with Gasteiger partial charge >= 0.3 is 5.97 Å². The first-order valence-corrected chi connectivity index (χ1v) is 9.77. The first-order chi connectivity index (χ1) is 13.9. The van der Waals surface area contributed by atoms with Crippen molar-refractivity contribution in [3.8, 4) is 11.5 Å². The van der Waals surface area contributed by atoms with Crippen LogP contribution in [0.3, 0.4) is 0 Å². The summed E-state index contributed by atoms with van der Waals surface area (Å²) in [7, 11) is 0. The molecule has 0 saturated carbocycles. The Balaban J connectivity index is 1.67. The smallest absolute Gasteiger partial charge is 0.335 e. The molecule has 7 heteroatoms. The number of aromatic nitrogens is 1. The average molecular weight is 447 g/mol. The summed E-state index contributed by atoms with van der Waals surface area (Å²) in [5.41, 5.74) is 2.13. The summed E-state index contributed by atoms with van der Waals surface area (Å²) in [6, 6.07) is 17.4. The predicted octanol–water partition coefficient (Wildman–Crippen LogP) is 7.14. The summed E-state index contributed by atoms with van der Waals surface area (Å²) >= 11 is 18.4. The summed E-state index contributed by atoms with van der Waals surface area (Å²) in [6.45, 7) is 0.565. The van der Waals surface area contributed by atoms with Gasteiger partial charge < -0.3 is 14.4 Å². The van der Waals surface area contributed by atoms with Crippen LogP contribution >= 0.6 is 34.8 Å². The maximum atomic E-state index is 11.0. The topological polar surface area (TPSA) is 51.5 Å². The Labute approximate surface area is 181 Å². The van der Waals surface area contributed by atoms with Gasteiger partial charge in [-0.05, 0) is 42.0 Å². The lowest BCUT2D eigenvalue weighted by Crippen LogP contribution is -2.00. The highest BCUT2D eigenvalue weighted by Gasteiger charge is 2.12. The van der Waals surface area contributed by atoms with E-state index in [1.54, 1.807) is 48.5 Å². The number of carboxylic acid groups (broad SMARTS) is 1. The van der Waals surface area contributed by atoms with Gasteiger partial charge in [0.05, 0.1) is 21.1 Å². The zero-order valence-corrected chi connectivity index (χ0v) is 17.2. The average Bonchev–Trinajstić information content (AvgIpc) is 3.08. The summed E-state index contributed by atoms with van der Waals surface area (Å²) < 4.78 is 8.03. The first-order valence-electron chi connectivity index (χ1n) is 8.64. The van der Waals surface area contributed by atoms with E-state index in [-0.39, 0.29) is 5.56 Å². The molecule has 0 saturated heterocycles. The maximum Gasteiger partial charge on any atom is 0.335 e. The molecule has 146 valence electrons. The lowest BCUT2D eigenvalue weighted by Gasteiger charge is -2.11. The molecule has 3 aromatic carbocycles. The molecule has 4 aromatic rings. The minimum Gasteiger partial charge on any atom is -0.478 e. The van der Waals surface area contributed by atoms with Crippen LogP contribution < -0.4 is 4.74 Å². The van der Waals surface area contributed by atoms with Gasteiger partial charge in [-0.2, -0.15) is 0 Å². The van der Waals surface area contributed by atoms with Gasteiger partial charge in [0, 0.05) is 35.3 Å². The van der Waals surface area contributed by atoms with Crippen LogP contribution in [0, 0.1) is 0 Å². The number of benzene rings is 3. The molecule has 0 fully saturated rings. The number of aromatic carboxylic acids is 1. The van der Waals surface area contributed by atoms with Gasteiger partial charge in [0.25, 0.3) is 0 Å². The molecule has 0 atom stereocenters. The third-order valence-electron chi connectivity index (χ3n) is 4.49. The van der Waals surface area contributed by atoms with Crippen molar-refractivity contribution in [2.24, 2.45) is 0 Å². The molecule has 0 amide bonds. The Bertz CT molecular complexity index is 1220. The molecule has 4 nitrogen and oxygen atoms in total. The minimum atomic E-state index is -0.946. The van der Waals surface area contributed by atoms with E-state index in [2.05, 4.69) is 0 Å². The van der Waals surface area contributed by atoms with Crippen LogP contribution in [0.5, 0.6) is 11.5 Å². The van der Waals surface area contributed by atoms with E-state index >= 15 is 0 Å². The molecule has 0 spiro atoms. The lowest BCUT2D eigenvalue weighted by molar-refractivity contribution is 0.0697. The summed E-state index contributed by atoms with van der Waals surface area (Å²) in [6.07, 6.45) is 1.94. The minimum absolute atomic E-state index is 0.256. The number of hydrogen-bond acceptors (Lipinski definition) is 2. The third kappa shape index (κ3) is 4.20. The molecular formula is C22H14Cl3NO3. The summed E-state index contributed by atoms with van der Waals surface area (Å²) in [5, 5.41) is 11.3. The normalized spacial score (nSPS) is 11.0. The van der Waals surface area contributed by atoms with Crippen molar-refractivity contribution in [1.29, 1.82) is 0 Å². The predicted molar refractivity (Wildman–Crippen MR) is 116 cm³/mol. The molecule has 0 aliphatic carbocycles. The van der Waals surface area contributed by atoms with Gasteiger partial charge in [0.1, 0.15) is 11.5 Å². The van der Waals surface area contributed by atoms with Crippen molar-refractivity contribution in [2.45, 2.75) is 6.54 Å².